The lowest BCUT2D eigenvalue weighted by Crippen LogP contribution is -1.99. The third-order valence-corrected chi connectivity index (χ3v) is 3.28. The van der Waals surface area contributed by atoms with E-state index in [-0.39, 0.29) is 5.43 Å². The molecule has 2 heterocycles. The van der Waals surface area contributed by atoms with Crippen molar-refractivity contribution >= 4 is 11.0 Å². The van der Waals surface area contributed by atoms with E-state index in [1.807, 2.05) is 48.5 Å². The van der Waals surface area contributed by atoms with Crippen LogP contribution in [0.2, 0.25) is 0 Å². The van der Waals surface area contributed by atoms with Gasteiger partial charge in [0.05, 0.1) is 5.39 Å². The van der Waals surface area contributed by atoms with Crippen LogP contribution in [-0.4, -0.2) is 9.94 Å². The van der Waals surface area contributed by atoms with Crippen LogP contribution in [0.1, 0.15) is 0 Å². The van der Waals surface area contributed by atoms with Gasteiger partial charge in [-0.2, -0.15) is 0 Å². The van der Waals surface area contributed by atoms with E-state index in [9.17, 15) is 4.79 Å². The van der Waals surface area contributed by atoms with Crippen molar-refractivity contribution in [2.75, 3.05) is 0 Å². The lowest BCUT2D eigenvalue weighted by atomic mass is 10.1. The van der Waals surface area contributed by atoms with Gasteiger partial charge in [-0.25, -0.2) is 4.73 Å². The number of hydrogen-bond donors (Lipinski definition) is 1. The molecule has 0 radical (unpaired) electrons. The van der Waals surface area contributed by atoms with Crippen molar-refractivity contribution in [1.29, 1.82) is 0 Å². The van der Waals surface area contributed by atoms with Gasteiger partial charge >= 0.3 is 0 Å². The predicted molar refractivity (Wildman–Crippen MR) is 89.5 cm³/mol. The molecule has 0 saturated carbocycles. The highest BCUT2D eigenvalue weighted by atomic mass is 16.5. The molecule has 0 spiro atoms. The first-order chi connectivity index (χ1) is 11.2. The molecule has 0 bridgehead atoms. The summed E-state index contributed by atoms with van der Waals surface area (Å²) in [5.74, 6) is 0.606. The molecule has 0 saturated heterocycles. The maximum Gasteiger partial charge on any atom is 0.193 e. The number of hydrogen-bond acceptors (Lipinski definition) is 3. The van der Waals surface area contributed by atoms with E-state index in [1.165, 1.54) is 6.07 Å². The minimum Gasteiger partial charge on any atom is -0.456 e. The van der Waals surface area contributed by atoms with Crippen LogP contribution in [0.3, 0.4) is 0 Å². The molecule has 4 aromatic rings. The Kier molecular flexibility index (Phi) is 4.25. The van der Waals surface area contributed by atoms with Crippen LogP contribution in [0.5, 0.6) is 0 Å². The summed E-state index contributed by atoms with van der Waals surface area (Å²) in [6.45, 7) is 0. The van der Waals surface area contributed by atoms with E-state index in [1.54, 1.807) is 30.6 Å². The number of para-hydroxylation sites is 1. The highest BCUT2D eigenvalue weighted by Crippen LogP contribution is 2.21. The average molecular weight is 305 g/mol. The molecule has 0 aliphatic heterocycles. The summed E-state index contributed by atoms with van der Waals surface area (Å²) in [5.41, 5.74) is 1.53. The number of nitrogens with zero attached hydrogens (tertiary/aromatic N) is 1. The Hall–Kier alpha value is -3.27. The normalized spacial score (nSPS) is 10.1. The topological polar surface area (TPSA) is 55.4 Å². The molecular weight excluding hydrogens is 290 g/mol. The zero-order valence-electron chi connectivity index (χ0n) is 12.3. The van der Waals surface area contributed by atoms with E-state index in [0.717, 1.165) is 10.3 Å². The van der Waals surface area contributed by atoms with Gasteiger partial charge in [0.25, 0.3) is 0 Å². The van der Waals surface area contributed by atoms with Gasteiger partial charge in [0.15, 0.2) is 5.43 Å². The molecule has 0 atom stereocenters. The Balaban J connectivity index is 0.000000220. The van der Waals surface area contributed by atoms with Crippen LogP contribution in [0.4, 0.5) is 0 Å². The summed E-state index contributed by atoms with van der Waals surface area (Å²) >= 11 is 0. The Morgan fingerprint density at radius 3 is 2.13 bits per heavy atom. The molecule has 0 unspecified atom stereocenters. The summed E-state index contributed by atoms with van der Waals surface area (Å²) in [5, 5.41) is 9.01. The van der Waals surface area contributed by atoms with E-state index in [2.05, 4.69) is 0 Å². The highest BCUT2D eigenvalue weighted by Gasteiger charge is 2.05. The van der Waals surface area contributed by atoms with E-state index >= 15 is 0 Å². The van der Waals surface area contributed by atoms with Crippen molar-refractivity contribution in [3.63, 3.8) is 0 Å². The summed E-state index contributed by atoms with van der Waals surface area (Å²) in [6, 6.07) is 21.9. The molecule has 0 aliphatic carbocycles. The second kappa shape index (κ2) is 6.66. The minimum absolute atomic E-state index is 0.00861. The van der Waals surface area contributed by atoms with Crippen molar-refractivity contribution in [2.45, 2.75) is 0 Å². The summed E-state index contributed by atoms with van der Waals surface area (Å²) < 4.78 is 6.73. The first-order valence-corrected chi connectivity index (χ1v) is 7.14. The zero-order valence-corrected chi connectivity index (χ0v) is 12.3. The quantitative estimate of drug-likeness (QED) is 0.537. The molecule has 1 N–H and O–H groups in total. The van der Waals surface area contributed by atoms with Crippen molar-refractivity contribution in [3.05, 3.63) is 95.4 Å². The minimum atomic E-state index is -0.00861. The Labute approximate surface area is 132 Å². The molecule has 0 fully saturated rings. The van der Waals surface area contributed by atoms with E-state index in [4.69, 9.17) is 9.62 Å². The van der Waals surface area contributed by atoms with Gasteiger partial charge in [-0.05, 0) is 24.3 Å². The lowest BCUT2D eigenvalue weighted by Gasteiger charge is -2.02. The first-order valence-electron chi connectivity index (χ1n) is 7.14. The smallest absolute Gasteiger partial charge is 0.193 e. The van der Waals surface area contributed by atoms with Gasteiger partial charge in [0, 0.05) is 24.0 Å². The Morgan fingerprint density at radius 2 is 1.48 bits per heavy atom. The molecular formula is C19H15NO3. The van der Waals surface area contributed by atoms with Gasteiger partial charge < -0.3 is 9.62 Å². The van der Waals surface area contributed by atoms with Crippen LogP contribution in [0.15, 0.2) is 94.4 Å². The predicted octanol–water partition coefficient (Wildman–Crippen LogP) is 4.19. The van der Waals surface area contributed by atoms with Crippen LogP contribution < -0.4 is 5.43 Å². The largest absolute Gasteiger partial charge is 0.456 e. The van der Waals surface area contributed by atoms with Gasteiger partial charge in [-0.15, -0.1) is 0 Å². The van der Waals surface area contributed by atoms with Crippen LogP contribution in [-0.2, 0) is 0 Å². The number of benzene rings is 2. The van der Waals surface area contributed by atoms with Crippen LogP contribution in [0, 0.1) is 0 Å². The van der Waals surface area contributed by atoms with Gasteiger partial charge in [0.1, 0.15) is 11.3 Å². The van der Waals surface area contributed by atoms with Crippen LogP contribution >= 0.6 is 0 Å². The molecule has 2 aromatic carbocycles. The van der Waals surface area contributed by atoms with Crippen LogP contribution in [0.25, 0.3) is 22.3 Å². The number of aromatic nitrogens is 1. The zero-order chi connectivity index (χ0) is 16.1. The molecule has 2 aromatic heterocycles. The fourth-order valence-corrected chi connectivity index (χ4v) is 2.17. The highest BCUT2D eigenvalue weighted by molar-refractivity contribution is 5.78. The lowest BCUT2D eigenvalue weighted by molar-refractivity contribution is 0.187. The number of rotatable bonds is 1. The average Bonchev–Trinajstić information content (AvgIpc) is 3.07. The third-order valence-electron chi connectivity index (χ3n) is 3.28. The Bertz CT molecular complexity index is 941. The second-order valence-electron chi connectivity index (χ2n) is 4.90. The summed E-state index contributed by atoms with van der Waals surface area (Å²) in [7, 11) is 0. The molecule has 23 heavy (non-hydrogen) atoms. The van der Waals surface area contributed by atoms with Crippen molar-refractivity contribution in [2.24, 2.45) is 0 Å². The third kappa shape index (κ3) is 3.49. The Morgan fingerprint density at radius 1 is 0.826 bits per heavy atom. The van der Waals surface area contributed by atoms with Crippen molar-refractivity contribution in [3.8, 4) is 11.3 Å². The maximum atomic E-state index is 11.9. The second-order valence-corrected chi connectivity index (χ2v) is 4.90. The fourth-order valence-electron chi connectivity index (χ4n) is 2.17. The fraction of sp³-hybridized carbons (Fsp3) is 0. The molecule has 4 heteroatoms. The van der Waals surface area contributed by atoms with Gasteiger partial charge in [-0.3, -0.25) is 4.79 Å². The van der Waals surface area contributed by atoms with E-state index in [0.29, 0.717) is 16.7 Å². The van der Waals surface area contributed by atoms with Crippen molar-refractivity contribution in [1.82, 2.24) is 4.73 Å². The summed E-state index contributed by atoms with van der Waals surface area (Å²) in [4.78, 5) is 11.9. The SMILES string of the molecule is O=c1cc(-c2ccccc2)oc2ccccc12.On1cccc1. The van der Waals surface area contributed by atoms with Crippen molar-refractivity contribution < 1.29 is 9.62 Å². The summed E-state index contributed by atoms with van der Waals surface area (Å²) in [6.07, 6.45) is 3.11. The standard InChI is InChI=1S/C15H10O2.C4H5NO/c16-13-10-15(11-6-2-1-3-7-11)17-14-9-5-4-8-12(13)14;6-5-3-1-2-4-5/h1-10H;1-4,6H. The molecule has 0 amide bonds. The van der Waals surface area contributed by atoms with Gasteiger partial charge in [-0.1, -0.05) is 42.5 Å². The monoisotopic (exact) mass is 305 g/mol. The van der Waals surface area contributed by atoms with Gasteiger partial charge in [0.2, 0.25) is 0 Å². The maximum absolute atomic E-state index is 11.9. The molecule has 4 nitrogen and oxygen atoms in total. The molecule has 114 valence electrons. The molecule has 4 rings (SSSR count). The van der Waals surface area contributed by atoms with E-state index < -0.39 is 0 Å². The number of fused-ring (bicyclic) bond motifs is 1. The first kappa shape index (κ1) is 14.7. The molecule has 0 aliphatic rings.